The van der Waals surface area contributed by atoms with Gasteiger partial charge in [-0.25, -0.2) is 0 Å². The van der Waals surface area contributed by atoms with Crippen molar-refractivity contribution in [1.29, 1.82) is 0 Å². The molecule has 1 aliphatic rings. The van der Waals surface area contributed by atoms with E-state index in [1.54, 1.807) is 11.0 Å². The summed E-state index contributed by atoms with van der Waals surface area (Å²) >= 11 is 12.0. The van der Waals surface area contributed by atoms with Crippen molar-refractivity contribution in [2.75, 3.05) is 5.32 Å². The molecule has 0 radical (unpaired) electrons. The van der Waals surface area contributed by atoms with Gasteiger partial charge in [0.2, 0.25) is 5.95 Å². The van der Waals surface area contributed by atoms with Gasteiger partial charge in [-0.05, 0) is 42.8 Å². The highest BCUT2D eigenvalue weighted by Gasteiger charge is 2.32. The lowest BCUT2D eigenvalue weighted by molar-refractivity contribution is 0.650. The number of nitrogens with zero attached hydrogens (tertiary/aromatic N) is 3. The Kier molecular flexibility index (Phi) is 3.59. The molecule has 4 nitrogen and oxygen atoms in total. The molecule has 0 spiro atoms. The Morgan fingerprint density at radius 3 is 2.25 bits per heavy atom. The summed E-state index contributed by atoms with van der Waals surface area (Å²) in [5, 5.41) is 9.19. The standard InChI is InChI=1S/C18H14Cl2N4/c1-18(13-4-8-15(20)9-5-13)10-16(12-2-6-14(19)7-3-12)24-17(23-18)21-11-22-24/h2-11H,1H3,(H,21,22,23)/t18-/m0/s1. The molecule has 0 aliphatic carbocycles. The monoisotopic (exact) mass is 356 g/mol. The fourth-order valence-electron chi connectivity index (χ4n) is 2.88. The van der Waals surface area contributed by atoms with E-state index in [0.29, 0.717) is 16.0 Å². The van der Waals surface area contributed by atoms with Crippen LogP contribution in [0.1, 0.15) is 18.1 Å². The van der Waals surface area contributed by atoms with E-state index in [2.05, 4.69) is 28.4 Å². The van der Waals surface area contributed by atoms with Gasteiger partial charge in [-0.1, -0.05) is 47.5 Å². The summed E-state index contributed by atoms with van der Waals surface area (Å²) in [6.45, 7) is 2.10. The largest absolute Gasteiger partial charge is 0.341 e. The normalized spacial score (nSPS) is 19.4. The van der Waals surface area contributed by atoms with E-state index in [1.807, 2.05) is 48.5 Å². The minimum absolute atomic E-state index is 0.428. The van der Waals surface area contributed by atoms with E-state index in [0.717, 1.165) is 16.8 Å². The summed E-state index contributed by atoms with van der Waals surface area (Å²) in [5.74, 6) is 0.694. The van der Waals surface area contributed by atoms with Crippen molar-refractivity contribution >= 4 is 34.8 Å². The Labute approximate surface area is 149 Å². The van der Waals surface area contributed by atoms with E-state index < -0.39 is 5.54 Å². The van der Waals surface area contributed by atoms with Gasteiger partial charge in [0.15, 0.2) is 0 Å². The van der Waals surface area contributed by atoms with Gasteiger partial charge in [0, 0.05) is 15.6 Å². The molecular weight excluding hydrogens is 343 g/mol. The van der Waals surface area contributed by atoms with E-state index in [-0.39, 0.29) is 0 Å². The maximum Gasteiger partial charge on any atom is 0.226 e. The number of fused-ring (bicyclic) bond motifs is 1. The van der Waals surface area contributed by atoms with Gasteiger partial charge in [0.1, 0.15) is 6.33 Å². The van der Waals surface area contributed by atoms with Crippen LogP contribution in [0.15, 0.2) is 60.9 Å². The molecule has 0 fully saturated rings. The molecule has 1 aliphatic heterocycles. The van der Waals surface area contributed by atoms with Crippen molar-refractivity contribution < 1.29 is 0 Å². The molecule has 1 N–H and O–H groups in total. The van der Waals surface area contributed by atoms with Gasteiger partial charge in [0.05, 0.1) is 11.2 Å². The first-order valence-corrected chi connectivity index (χ1v) is 8.24. The second kappa shape index (κ2) is 5.65. The van der Waals surface area contributed by atoms with Crippen LogP contribution >= 0.6 is 23.2 Å². The molecule has 24 heavy (non-hydrogen) atoms. The Balaban J connectivity index is 1.87. The minimum atomic E-state index is -0.428. The highest BCUT2D eigenvalue weighted by Crippen LogP contribution is 2.36. The van der Waals surface area contributed by atoms with Crippen LogP contribution in [-0.2, 0) is 5.54 Å². The first-order valence-electron chi connectivity index (χ1n) is 7.49. The molecule has 4 rings (SSSR count). The smallest absolute Gasteiger partial charge is 0.226 e. The van der Waals surface area contributed by atoms with Crippen LogP contribution < -0.4 is 5.32 Å². The first kappa shape index (κ1) is 15.2. The Hall–Kier alpha value is -2.30. The third kappa shape index (κ3) is 2.58. The van der Waals surface area contributed by atoms with Gasteiger partial charge in [-0.2, -0.15) is 14.8 Å². The molecule has 1 atom stereocenters. The van der Waals surface area contributed by atoms with Crippen LogP contribution in [0.3, 0.4) is 0 Å². The second-order valence-electron chi connectivity index (χ2n) is 5.87. The zero-order valence-electron chi connectivity index (χ0n) is 12.9. The molecule has 120 valence electrons. The topological polar surface area (TPSA) is 42.7 Å². The quantitative estimate of drug-likeness (QED) is 0.715. The molecular formula is C18H14Cl2N4. The maximum atomic E-state index is 6.02. The number of halogens is 2. The summed E-state index contributed by atoms with van der Waals surface area (Å²) in [7, 11) is 0. The van der Waals surface area contributed by atoms with E-state index >= 15 is 0 Å². The fraction of sp³-hybridized carbons (Fsp3) is 0.111. The lowest BCUT2D eigenvalue weighted by Crippen LogP contribution is -2.35. The van der Waals surface area contributed by atoms with E-state index in [4.69, 9.17) is 23.2 Å². The molecule has 2 aromatic carbocycles. The molecule has 0 amide bonds. The van der Waals surface area contributed by atoms with Crippen molar-refractivity contribution in [2.24, 2.45) is 0 Å². The Bertz CT molecular complexity index is 913. The maximum absolute atomic E-state index is 6.02. The highest BCUT2D eigenvalue weighted by atomic mass is 35.5. The lowest BCUT2D eigenvalue weighted by Gasteiger charge is -2.33. The average molecular weight is 357 g/mol. The number of benzene rings is 2. The predicted molar refractivity (Wildman–Crippen MR) is 97.3 cm³/mol. The zero-order chi connectivity index (χ0) is 16.7. The van der Waals surface area contributed by atoms with Gasteiger partial charge in [-0.3, -0.25) is 0 Å². The highest BCUT2D eigenvalue weighted by molar-refractivity contribution is 6.30. The van der Waals surface area contributed by atoms with Crippen LogP contribution in [0, 0.1) is 0 Å². The summed E-state index contributed by atoms with van der Waals surface area (Å²) in [5.41, 5.74) is 2.64. The van der Waals surface area contributed by atoms with Crippen molar-refractivity contribution in [1.82, 2.24) is 14.8 Å². The minimum Gasteiger partial charge on any atom is -0.341 e. The average Bonchev–Trinajstić information content (AvgIpc) is 3.03. The predicted octanol–water partition coefficient (Wildman–Crippen LogP) is 4.82. The van der Waals surface area contributed by atoms with Gasteiger partial charge in [0.25, 0.3) is 0 Å². The molecule has 2 heterocycles. The van der Waals surface area contributed by atoms with Crippen molar-refractivity contribution in [2.45, 2.75) is 12.5 Å². The molecule has 0 bridgehead atoms. The molecule has 6 heteroatoms. The number of rotatable bonds is 2. The molecule has 0 saturated heterocycles. The number of anilines is 1. The first-order chi connectivity index (χ1) is 11.5. The Morgan fingerprint density at radius 1 is 0.958 bits per heavy atom. The van der Waals surface area contributed by atoms with Gasteiger partial charge >= 0.3 is 0 Å². The number of nitrogens with one attached hydrogen (secondary N) is 1. The van der Waals surface area contributed by atoms with Crippen molar-refractivity contribution in [3.63, 3.8) is 0 Å². The number of aromatic nitrogens is 3. The molecule has 3 aromatic rings. The zero-order valence-corrected chi connectivity index (χ0v) is 14.4. The second-order valence-corrected chi connectivity index (χ2v) is 6.74. The van der Waals surface area contributed by atoms with Crippen LogP contribution in [0.5, 0.6) is 0 Å². The van der Waals surface area contributed by atoms with Gasteiger partial charge < -0.3 is 5.32 Å². The van der Waals surface area contributed by atoms with Crippen LogP contribution in [0.2, 0.25) is 10.0 Å². The summed E-state index contributed by atoms with van der Waals surface area (Å²) in [4.78, 5) is 4.34. The number of hydrogen-bond donors (Lipinski definition) is 1. The Morgan fingerprint density at radius 2 is 1.58 bits per heavy atom. The van der Waals surface area contributed by atoms with Crippen LogP contribution in [0.4, 0.5) is 5.95 Å². The van der Waals surface area contributed by atoms with E-state index in [9.17, 15) is 0 Å². The third-order valence-electron chi connectivity index (χ3n) is 4.16. The summed E-state index contributed by atoms with van der Waals surface area (Å²) in [6.07, 6.45) is 3.68. The van der Waals surface area contributed by atoms with Crippen LogP contribution in [-0.4, -0.2) is 14.8 Å². The third-order valence-corrected chi connectivity index (χ3v) is 4.66. The molecule has 1 aromatic heterocycles. The summed E-state index contributed by atoms with van der Waals surface area (Å²) < 4.78 is 1.79. The fourth-order valence-corrected chi connectivity index (χ4v) is 3.14. The summed E-state index contributed by atoms with van der Waals surface area (Å²) in [6, 6.07) is 15.5. The molecule has 0 saturated carbocycles. The molecule has 0 unspecified atom stereocenters. The lowest BCUT2D eigenvalue weighted by atomic mass is 9.89. The van der Waals surface area contributed by atoms with Crippen molar-refractivity contribution in [3.8, 4) is 0 Å². The SMILES string of the molecule is C[C@@]1(c2ccc(Cl)cc2)C=C(c2ccc(Cl)cc2)n2ncnc2N1. The van der Waals surface area contributed by atoms with Crippen LogP contribution in [0.25, 0.3) is 5.70 Å². The van der Waals surface area contributed by atoms with Gasteiger partial charge in [-0.15, -0.1) is 0 Å². The van der Waals surface area contributed by atoms with Crippen molar-refractivity contribution in [3.05, 3.63) is 82.1 Å². The van der Waals surface area contributed by atoms with E-state index in [1.165, 1.54) is 0 Å². The number of hydrogen-bond acceptors (Lipinski definition) is 3.